The van der Waals surface area contributed by atoms with Crippen molar-refractivity contribution in [2.75, 3.05) is 0 Å². The average molecular weight is 231 g/mol. The number of likely N-dealkylation sites (tertiary alicyclic amines) is 1. The molecule has 0 unspecified atom stereocenters. The highest BCUT2D eigenvalue weighted by atomic mass is 16.2. The second kappa shape index (κ2) is 4.49. The normalized spacial score (nSPS) is 16.2. The molecule has 0 aromatic heterocycles. The molecule has 0 radical (unpaired) electrons. The Morgan fingerprint density at radius 1 is 1.12 bits per heavy atom. The second-order valence-corrected chi connectivity index (χ2v) is 4.10. The quantitative estimate of drug-likeness (QED) is 0.691. The Bertz CT molecular complexity index is 477. The summed E-state index contributed by atoms with van der Waals surface area (Å²) in [5.74, 6) is -1.29. The monoisotopic (exact) mass is 231 g/mol. The first-order valence-electron chi connectivity index (χ1n) is 5.57. The van der Waals surface area contributed by atoms with Crippen molar-refractivity contribution in [3.63, 3.8) is 0 Å². The van der Waals surface area contributed by atoms with Crippen LogP contribution in [-0.2, 0) is 9.59 Å². The summed E-state index contributed by atoms with van der Waals surface area (Å²) >= 11 is 0. The average Bonchev–Trinajstić information content (AvgIpc) is 2.29. The maximum absolute atomic E-state index is 12.1. The van der Waals surface area contributed by atoms with Crippen LogP contribution < -0.4 is 0 Å². The van der Waals surface area contributed by atoms with Crippen LogP contribution in [0, 0.1) is 6.92 Å². The first-order chi connectivity index (χ1) is 8.11. The van der Waals surface area contributed by atoms with Gasteiger partial charge in [-0.1, -0.05) is 18.2 Å². The number of piperidine rings is 1. The van der Waals surface area contributed by atoms with Gasteiger partial charge in [-0.3, -0.25) is 14.4 Å². The number of amides is 3. The van der Waals surface area contributed by atoms with Crippen LogP contribution in [0.1, 0.15) is 35.2 Å². The van der Waals surface area contributed by atoms with E-state index >= 15 is 0 Å². The van der Waals surface area contributed by atoms with Crippen molar-refractivity contribution >= 4 is 17.7 Å². The molecule has 2 rings (SSSR count). The first-order valence-corrected chi connectivity index (χ1v) is 5.57. The van der Waals surface area contributed by atoms with E-state index in [1.54, 1.807) is 25.1 Å². The topological polar surface area (TPSA) is 54.5 Å². The highest BCUT2D eigenvalue weighted by molar-refractivity contribution is 6.17. The number of hydrogen-bond acceptors (Lipinski definition) is 3. The minimum absolute atomic E-state index is 0.267. The van der Waals surface area contributed by atoms with Crippen LogP contribution in [0.25, 0.3) is 0 Å². The molecule has 1 heterocycles. The Morgan fingerprint density at radius 2 is 1.71 bits per heavy atom. The van der Waals surface area contributed by atoms with Gasteiger partial charge in [-0.2, -0.15) is 0 Å². The van der Waals surface area contributed by atoms with Gasteiger partial charge in [0, 0.05) is 18.4 Å². The van der Waals surface area contributed by atoms with E-state index in [9.17, 15) is 14.4 Å². The Morgan fingerprint density at radius 3 is 2.29 bits per heavy atom. The third-order valence-corrected chi connectivity index (χ3v) is 2.86. The zero-order valence-corrected chi connectivity index (χ0v) is 9.60. The Kier molecular flexibility index (Phi) is 3.04. The summed E-state index contributed by atoms with van der Waals surface area (Å²) in [4.78, 5) is 36.1. The zero-order chi connectivity index (χ0) is 12.4. The van der Waals surface area contributed by atoms with Gasteiger partial charge in [-0.15, -0.1) is 0 Å². The van der Waals surface area contributed by atoms with Crippen molar-refractivity contribution in [2.24, 2.45) is 0 Å². The minimum Gasteiger partial charge on any atom is -0.274 e. The van der Waals surface area contributed by atoms with Crippen molar-refractivity contribution in [1.29, 1.82) is 0 Å². The number of hydrogen-bond donors (Lipinski definition) is 0. The van der Waals surface area contributed by atoms with Crippen molar-refractivity contribution in [3.8, 4) is 0 Å². The van der Waals surface area contributed by atoms with Gasteiger partial charge >= 0.3 is 0 Å². The second-order valence-electron chi connectivity index (χ2n) is 4.10. The number of imide groups is 3. The van der Waals surface area contributed by atoms with Crippen LogP contribution in [0.15, 0.2) is 24.3 Å². The van der Waals surface area contributed by atoms with Gasteiger partial charge in [0.2, 0.25) is 11.8 Å². The first kappa shape index (κ1) is 11.5. The van der Waals surface area contributed by atoms with E-state index in [-0.39, 0.29) is 12.8 Å². The lowest BCUT2D eigenvalue weighted by Gasteiger charge is -2.23. The molecule has 1 aromatic carbocycles. The molecule has 0 atom stereocenters. The molecule has 0 aliphatic carbocycles. The molecule has 1 fully saturated rings. The highest BCUT2D eigenvalue weighted by Gasteiger charge is 2.32. The Balaban J connectivity index is 2.34. The molecular weight excluding hydrogens is 218 g/mol. The Labute approximate surface area is 99.2 Å². The smallest absolute Gasteiger partial charge is 0.267 e. The molecule has 4 nitrogen and oxygen atoms in total. The van der Waals surface area contributed by atoms with Crippen molar-refractivity contribution < 1.29 is 14.4 Å². The largest absolute Gasteiger partial charge is 0.274 e. The summed E-state index contributed by atoms with van der Waals surface area (Å²) in [6, 6.07) is 6.95. The standard InChI is InChI=1S/C13H13NO3/c1-9-5-2-3-6-10(9)13(17)14-11(15)7-4-8-12(14)16/h2-3,5-6H,4,7-8H2,1H3. The maximum atomic E-state index is 12.1. The van der Waals surface area contributed by atoms with Crippen LogP contribution in [0.5, 0.6) is 0 Å². The van der Waals surface area contributed by atoms with Gasteiger partial charge in [0.15, 0.2) is 0 Å². The number of aryl methyl sites for hydroxylation is 1. The number of carbonyl (C=O) groups excluding carboxylic acids is 3. The molecule has 3 amide bonds. The fourth-order valence-electron chi connectivity index (χ4n) is 1.91. The fourth-order valence-corrected chi connectivity index (χ4v) is 1.91. The molecule has 88 valence electrons. The molecule has 1 aliphatic rings. The minimum atomic E-state index is -0.502. The summed E-state index contributed by atoms with van der Waals surface area (Å²) in [5.41, 5.74) is 1.18. The van der Waals surface area contributed by atoms with E-state index in [4.69, 9.17) is 0 Å². The lowest BCUT2D eigenvalue weighted by Crippen LogP contribution is -2.44. The van der Waals surface area contributed by atoms with Gasteiger partial charge in [-0.25, -0.2) is 4.90 Å². The number of rotatable bonds is 1. The van der Waals surface area contributed by atoms with E-state index in [1.807, 2.05) is 6.07 Å². The van der Waals surface area contributed by atoms with Crippen LogP contribution in [0.3, 0.4) is 0 Å². The van der Waals surface area contributed by atoms with Crippen LogP contribution >= 0.6 is 0 Å². The lowest BCUT2D eigenvalue weighted by atomic mass is 10.0. The summed E-state index contributed by atoms with van der Waals surface area (Å²) < 4.78 is 0. The molecule has 1 aromatic rings. The van der Waals surface area contributed by atoms with E-state index < -0.39 is 17.7 Å². The van der Waals surface area contributed by atoms with Crippen LogP contribution in [-0.4, -0.2) is 22.6 Å². The Hall–Kier alpha value is -1.97. The van der Waals surface area contributed by atoms with E-state index in [0.29, 0.717) is 12.0 Å². The molecule has 1 saturated heterocycles. The van der Waals surface area contributed by atoms with Crippen molar-refractivity contribution in [2.45, 2.75) is 26.2 Å². The number of nitrogens with zero attached hydrogens (tertiary/aromatic N) is 1. The molecule has 0 bridgehead atoms. The van der Waals surface area contributed by atoms with Gasteiger partial charge in [-0.05, 0) is 25.0 Å². The van der Waals surface area contributed by atoms with Gasteiger partial charge in [0.05, 0.1) is 0 Å². The van der Waals surface area contributed by atoms with Gasteiger partial charge < -0.3 is 0 Å². The fraction of sp³-hybridized carbons (Fsp3) is 0.308. The summed E-state index contributed by atoms with van der Waals surface area (Å²) in [5, 5.41) is 0. The van der Waals surface area contributed by atoms with E-state index in [0.717, 1.165) is 10.5 Å². The van der Waals surface area contributed by atoms with Crippen LogP contribution in [0.4, 0.5) is 0 Å². The zero-order valence-electron chi connectivity index (χ0n) is 9.60. The summed E-state index contributed by atoms with van der Waals surface area (Å²) in [6.45, 7) is 1.78. The third-order valence-electron chi connectivity index (χ3n) is 2.86. The number of benzene rings is 1. The molecule has 0 saturated carbocycles. The van der Waals surface area contributed by atoms with Gasteiger partial charge in [0.25, 0.3) is 5.91 Å². The van der Waals surface area contributed by atoms with E-state index in [2.05, 4.69) is 0 Å². The predicted molar refractivity (Wildman–Crippen MR) is 61.2 cm³/mol. The molecule has 17 heavy (non-hydrogen) atoms. The summed E-state index contributed by atoms with van der Waals surface area (Å²) in [7, 11) is 0. The van der Waals surface area contributed by atoms with Gasteiger partial charge in [0.1, 0.15) is 0 Å². The maximum Gasteiger partial charge on any atom is 0.267 e. The van der Waals surface area contributed by atoms with E-state index in [1.165, 1.54) is 0 Å². The van der Waals surface area contributed by atoms with Crippen molar-refractivity contribution in [1.82, 2.24) is 4.90 Å². The molecule has 0 N–H and O–H groups in total. The van der Waals surface area contributed by atoms with Crippen LogP contribution in [0.2, 0.25) is 0 Å². The SMILES string of the molecule is Cc1ccccc1C(=O)N1C(=O)CCCC1=O. The molecule has 1 aliphatic heterocycles. The number of carbonyl (C=O) groups is 3. The predicted octanol–water partition coefficient (Wildman–Crippen LogP) is 1.67. The molecule has 0 spiro atoms. The third kappa shape index (κ3) is 2.11. The molecular formula is C13H13NO3. The summed E-state index contributed by atoms with van der Waals surface area (Å²) in [6.07, 6.45) is 1.07. The highest BCUT2D eigenvalue weighted by Crippen LogP contribution is 2.17. The van der Waals surface area contributed by atoms with Crippen molar-refractivity contribution in [3.05, 3.63) is 35.4 Å². The lowest BCUT2D eigenvalue weighted by molar-refractivity contribution is -0.144. The molecule has 4 heteroatoms.